The van der Waals surface area contributed by atoms with Crippen molar-refractivity contribution in [3.05, 3.63) is 41.7 Å². The van der Waals surface area contributed by atoms with Crippen LogP contribution in [-0.4, -0.2) is 16.8 Å². The highest BCUT2D eigenvalue weighted by Gasteiger charge is 2.10. The van der Waals surface area contributed by atoms with E-state index in [-0.39, 0.29) is 6.04 Å². The van der Waals surface area contributed by atoms with Crippen molar-refractivity contribution in [2.24, 2.45) is 0 Å². The number of H-pyrrole nitrogens is 1. The Morgan fingerprint density at radius 3 is 2.94 bits per heavy atom. The van der Waals surface area contributed by atoms with Crippen LogP contribution >= 0.6 is 0 Å². The van der Waals surface area contributed by atoms with Crippen molar-refractivity contribution < 1.29 is 4.74 Å². The average Bonchev–Trinajstić information content (AvgIpc) is 2.86. The molecule has 0 aliphatic heterocycles. The minimum atomic E-state index is 0.186. The molecule has 4 heteroatoms. The molecule has 18 heavy (non-hydrogen) atoms. The SMILES string of the molecule is CCOc1cc(C)ccc1NC(C)c1cn[nH]c1. The van der Waals surface area contributed by atoms with Gasteiger partial charge in [0.15, 0.2) is 0 Å². The van der Waals surface area contributed by atoms with Crippen molar-refractivity contribution in [3.63, 3.8) is 0 Å². The Bertz CT molecular complexity index is 494. The second kappa shape index (κ2) is 5.58. The lowest BCUT2D eigenvalue weighted by molar-refractivity contribution is 0.341. The molecule has 1 aromatic carbocycles. The predicted octanol–water partition coefficient (Wildman–Crippen LogP) is 3.29. The number of nitrogens with zero attached hydrogens (tertiary/aromatic N) is 1. The summed E-state index contributed by atoms with van der Waals surface area (Å²) in [7, 11) is 0. The summed E-state index contributed by atoms with van der Waals surface area (Å²) in [5, 5.41) is 10.2. The Morgan fingerprint density at radius 2 is 2.28 bits per heavy atom. The van der Waals surface area contributed by atoms with E-state index in [2.05, 4.69) is 41.5 Å². The quantitative estimate of drug-likeness (QED) is 0.849. The van der Waals surface area contributed by atoms with Crippen molar-refractivity contribution in [1.82, 2.24) is 10.2 Å². The maximum Gasteiger partial charge on any atom is 0.142 e. The van der Waals surface area contributed by atoms with Crippen molar-refractivity contribution in [1.29, 1.82) is 0 Å². The minimum absolute atomic E-state index is 0.186. The Kier molecular flexibility index (Phi) is 3.87. The lowest BCUT2D eigenvalue weighted by Gasteiger charge is -2.17. The van der Waals surface area contributed by atoms with E-state index in [1.165, 1.54) is 5.56 Å². The number of aromatic nitrogens is 2. The maximum atomic E-state index is 5.65. The molecule has 2 rings (SSSR count). The highest BCUT2D eigenvalue weighted by atomic mass is 16.5. The first-order valence-corrected chi connectivity index (χ1v) is 6.19. The number of rotatable bonds is 5. The first kappa shape index (κ1) is 12.5. The topological polar surface area (TPSA) is 49.9 Å². The van der Waals surface area contributed by atoms with Gasteiger partial charge in [0, 0.05) is 11.8 Å². The standard InChI is InChI=1S/C14H19N3O/c1-4-18-14-7-10(2)5-6-13(14)17-11(3)12-8-15-16-9-12/h5-9,11,17H,4H2,1-3H3,(H,15,16). The van der Waals surface area contributed by atoms with E-state index in [1.807, 2.05) is 25.4 Å². The number of hydrogen-bond donors (Lipinski definition) is 2. The van der Waals surface area contributed by atoms with Crippen LogP contribution in [0.3, 0.4) is 0 Å². The molecule has 4 nitrogen and oxygen atoms in total. The molecule has 0 aliphatic carbocycles. The van der Waals surface area contributed by atoms with Crippen LogP contribution in [0.5, 0.6) is 5.75 Å². The van der Waals surface area contributed by atoms with Gasteiger partial charge in [0.1, 0.15) is 5.75 Å². The molecule has 2 aromatic rings. The van der Waals surface area contributed by atoms with Gasteiger partial charge in [-0.25, -0.2) is 0 Å². The summed E-state index contributed by atoms with van der Waals surface area (Å²) in [6, 6.07) is 6.36. The summed E-state index contributed by atoms with van der Waals surface area (Å²) in [5.74, 6) is 0.896. The van der Waals surface area contributed by atoms with Gasteiger partial charge in [-0.3, -0.25) is 5.10 Å². The van der Waals surface area contributed by atoms with Crippen LogP contribution in [-0.2, 0) is 0 Å². The number of hydrogen-bond acceptors (Lipinski definition) is 3. The van der Waals surface area contributed by atoms with Gasteiger partial charge in [0.2, 0.25) is 0 Å². The molecule has 0 fully saturated rings. The van der Waals surface area contributed by atoms with E-state index in [1.54, 1.807) is 0 Å². The monoisotopic (exact) mass is 245 g/mol. The first-order valence-electron chi connectivity index (χ1n) is 6.19. The van der Waals surface area contributed by atoms with Crippen LogP contribution in [0.25, 0.3) is 0 Å². The van der Waals surface area contributed by atoms with Crippen molar-refractivity contribution in [2.45, 2.75) is 26.8 Å². The fourth-order valence-electron chi connectivity index (χ4n) is 1.84. The molecule has 2 N–H and O–H groups in total. The first-order chi connectivity index (χ1) is 8.70. The zero-order valence-electron chi connectivity index (χ0n) is 11.0. The van der Waals surface area contributed by atoms with Gasteiger partial charge in [-0.2, -0.15) is 5.10 Å². The average molecular weight is 245 g/mol. The number of ether oxygens (including phenoxy) is 1. The summed E-state index contributed by atoms with van der Waals surface area (Å²) < 4.78 is 5.65. The summed E-state index contributed by atoms with van der Waals surface area (Å²) >= 11 is 0. The third kappa shape index (κ3) is 2.83. The summed E-state index contributed by atoms with van der Waals surface area (Å²) in [6.07, 6.45) is 3.72. The molecule has 1 heterocycles. The number of aryl methyl sites for hydroxylation is 1. The molecule has 0 saturated heterocycles. The van der Waals surface area contributed by atoms with Gasteiger partial charge in [-0.1, -0.05) is 6.07 Å². The van der Waals surface area contributed by atoms with Crippen LogP contribution < -0.4 is 10.1 Å². The second-order valence-electron chi connectivity index (χ2n) is 4.33. The van der Waals surface area contributed by atoms with Gasteiger partial charge >= 0.3 is 0 Å². The third-order valence-corrected chi connectivity index (χ3v) is 2.83. The molecule has 1 atom stereocenters. The number of benzene rings is 1. The largest absolute Gasteiger partial charge is 0.492 e. The highest BCUT2D eigenvalue weighted by Crippen LogP contribution is 2.29. The van der Waals surface area contributed by atoms with E-state index < -0.39 is 0 Å². The van der Waals surface area contributed by atoms with Gasteiger partial charge in [-0.15, -0.1) is 0 Å². The lowest BCUT2D eigenvalue weighted by Crippen LogP contribution is -2.07. The van der Waals surface area contributed by atoms with E-state index in [0.717, 1.165) is 17.0 Å². The Hall–Kier alpha value is -1.97. The lowest BCUT2D eigenvalue weighted by atomic mass is 10.1. The molecule has 1 unspecified atom stereocenters. The summed E-state index contributed by atoms with van der Waals surface area (Å²) in [5.41, 5.74) is 3.33. The highest BCUT2D eigenvalue weighted by molar-refractivity contribution is 5.58. The van der Waals surface area contributed by atoms with Crippen molar-refractivity contribution >= 4 is 5.69 Å². The van der Waals surface area contributed by atoms with Crippen molar-refractivity contribution in [2.75, 3.05) is 11.9 Å². The number of anilines is 1. The summed E-state index contributed by atoms with van der Waals surface area (Å²) in [6.45, 7) is 6.82. The number of aromatic amines is 1. The predicted molar refractivity (Wildman–Crippen MR) is 73.0 cm³/mol. The third-order valence-electron chi connectivity index (χ3n) is 2.83. The van der Waals surface area contributed by atoms with E-state index >= 15 is 0 Å². The Morgan fingerprint density at radius 1 is 1.44 bits per heavy atom. The molecular weight excluding hydrogens is 226 g/mol. The van der Waals surface area contributed by atoms with Crippen LogP contribution in [0.15, 0.2) is 30.6 Å². The van der Waals surface area contributed by atoms with Crippen LogP contribution in [0.1, 0.15) is 31.0 Å². The normalized spacial score (nSPS) is 12.2. The molecule has 0 radical (unpaired) electrons. The van der Waals surface area contributed by atoms with Crippen LogP contribution in [0.4, 0.5) is 5.69 Å². The van der Waals surface area contributed by atoms with Gasteiger partial charge in [-0.05, 0) is 38.5 Å². The minimum Gasteiger partial charge on any atom is -0.492 e. The van der Waals surface area contributed by atoms with Gasteiger partial charge < -0.3 is 10.1 Å². The molecule has 0 aliphatic rings. The summed E-state index contributed by atoms with van der Waals surface area (Å²) in [4.78, 5) is 0. The van der Waals surface area contributed by atoms with Crippen molar-refractivity contribution in [3.8, 4) is 5.75 Å². The number of nitrogens with one attached hydrogen (secondary N) is 2. The van der Waals surface area contributed by atoms with Gasteiger partial charge in [0.25, 0.3) is 0 Å². The van der Waals surface area contributed by atoms with E-state index in [9.17, 15) is 0 Å². The fourth-order valence-corrected chi connectivity index (χ4v) is 1.84. The molecule has 0 amide bonds. The molecular formula is C14H19N3O. The molecule has 96 valence electrons. The van der Waals surface area contributed by atoms with Gasteiger partial charge in [0.05, 0.1) is 24.5 Å². The van der Waals surface area contributed by atoms with Crippen LogP contribution in [0.2, 0.25) is 0 Å². The second-order valence-corrected chi connectivity index (χ2v) is 4.33. The molecule has 0 bridgehead atoms. The van der Waals surface area contributed by atoms with E-state index in [4.69, 9.17) is 4.74 Å². The van der Waals surface area contributed by atoms with E-state index in [0.29, 0.717) is 6.61 Å². The van der Waals surface area contributed by atoms with Crippen LogP contribution in [0, 0.1) is 6.92 Å². The molecule has 1 aromatic heterocycles. The maximum absolute atomic E-state index is 5.65. The Labute approximate surface area is 107 Å². The zero-order valence-corrected chi connectivity index (χ0v) is 11.0. The Balaban J connectivity index is 2.17. The zero-order chi connectivity index (χ0) is 13.0. The smallest absolute Gasteiger partial charge is 0.142 e. The molecule has 0 spiro atoms. The molecule has 0 saturated carbocycles. The fraction of sp³-hybridized carbons (Fsp3) is 0.357.